The standard InChI is InChI=1S/C15H12ClN3O4S/c1-24-11-4-2-3-9(7-11)17-14(20)15(21)18-13-8-10(19(22)23)5-6-12(13)16/h2-8H,1H3,(H,17,20)(H,18,21). The summed E-state index contributed by atoms with van der Waals surface area (Å²) in [5.74, 6) is -1.89. The first-order chi connectivity index (χ1) is 11.4. The molecule has 2 rings (SSSR count). The quantitative estimate of drug-likeness (QED) is 0.373. The Kier molecular flexibility index (Phi) is 5.78. The first-order valence-electron chi connectivity index (χ1n) is 6.61. The molecule has 24 heavy (non-hydrogen) atoms. The molecule has 0 saturated carbocycles. The summed E-state index contributed by atoms with van der Waals surface area (Å²) in [4.78, 5) is 34.9. The van der Waals surface area contributed by atoms with Gasteiger partial charge in [-0.25, -0.2) is 0 Å². The minimum Gasteiger partial charge on any atom is -0.318 e. The third-order valence-electron chi connectivity index (χ3n) is 2.94. The van der Waals surface area contributed by atoms with Crippen molar-refractivity contribution >= 4 is 52.2 Å². The normalized spacial score (nSPS) is 10.1. The van der Waals surface area contributed by atoms with Crippen LogP contribution in [0.5, 0.6) is 0 Å². The Morgan fingerprint density at radius 2 is 1.83 bits per heavy atom. The minimum absolute atomic E-state index is 0.0103. The van der Waals surface area contributed by atoms with Crippen LogP contribution < -0.4 is 10.6 Å². The summed E-state index contributed by atoms with van der Waals surface area (Å²) in [5.41, 5.74) is 0.207. The van der Waals surface area contributed by atoms with Gasteiger partial charge in [0.05, 0.1) is 15.6 Å². The summed E-state index contributed by atoms with van der Waals surface area (Å²) in [6, 6.07) is 10.5. The van der Waals surface area contributed by atoms with E-state index >= 15 is 0 Å². The molecule has 9 heteroatoms. The number of nitro benzene ring substituents is 1. The van der Waals surface area contributed by atoms with Crippen molar-refractivity contribution in [1.29, 1.82) is 0 Å². The monoisotopic (exact) mass is 365 g/mol. The molecule has 2 N–H and O–H groups in total. The molecule has 0 saturated heterocycles. The zero-order valence-corrected chi connectivity index (χ0v) is 14.0. The van der Waals surface area contributed by atoms with E-state index in [4.69, 9.17) is 11.6 Å². The van der Waals surface area contributed by atoms with Crippen LogP contribution >= 0.6 is 23.4 Å². The largest absolute Gasteiger partial charge is 0.318 e. The molecule has 7 nitrogen and oxygen atoms in total. The van der Waals surface area contributed by atoms with E-state index in [1.54, 1.807) is 18.2 Å². The van der Waals surface area contributed by atoms with E-state index in [2.05, 4.69) is 10.6 Å². The van der Waals surface area contributed by atoms with Crippen LogP contribution in [0.15, 0.2) is 47.4 Å². The Balaban J connectivity index is 2.10. The lowest BCUT2D eigenvalue weighted by Crippen LogP contribution is -2.29. The predicted octanol–water partition coefficient (Wildman–Crippen LogP) is 3.55. The summed E-state index contributed by atoms with van der Waals surface area (Å²) >= 11 is 7.37. The fourth-order valence-electron chi connectivity index (χ4n) is 1.79. The molecule has 2 aromatic carbocycles. The first-order valence-corrected chi connectivity index (χ1v) is 8.21. The average molecular weight is 366 g/mol. The zero-order valence-electron chi connectivity index (χ0n) is 12.4. The summed E-state index contributed by atoms with van der Waals surface area (Å²) in [6.45, 7) is 0. The van der Waals surface area contributed by atoms with Crippen LogP contribution in [0.2, 0.25) is 5.02 Å². The highest BCUT2D eigenvalue weighted by Crippen LogP contribution is 2.26. The lowest BCUT2D eigenvalue weighted by atomic mass is 10.2. The smallest absolute Gasteiger partial charge is 0.314 e. The molecule has 0 atom stereocenters. The van der Waals surface area contributed by atoms with Crippen LogP contribution in [0.25, 0.3) is 0 Å². The van der Waals surface area contributed by atoms with Crippen molar-refractivity contribution in [2.45, 2.75) is 4.90 Å². The molecule has 0 unspecified atom stereocenters. The van der Waals surface area contributed by atoms with Crippen molar-refractivity contribution in [3.05, 3.63) is 57.6 Å². The maximum absolute atomic E-state index is 11.9. The Hall–Kier alpha value is -2.58. The maximum Gasteiger partial charge on any atom is 0.314 e. The van der Waals surface area contributed by atoms with E-state index in [1.807, 2.05) is 12.3 Å². The van der Waals surface area contributed by atoms with E-state index in [9.17, 15) is 19.7 Å². The highest BCUT2D eigenvalue weighted by molar-refractivity contribution is 7.98. The number of benzene rings is 2. The van der Waals surface area contributed by atoms with Crippen molar-refractivity contribution in [1.82, 2.24) is 0 Å². The zero-order chi connectivity index (χ0) is 17.7. The van der Waals surface area contributed by atoms with Crippen LogP contribution in [0.1, 0.15) is 0 Å². The molecule has 0 aliphatic carbocycles. The first kappa shape index (κ1) is 17.8. The van der Waals surface area contributed by atoms with Gasteiger partial charge in [-0.1, -0.05) is 17.7 Å². The van der Waals surface area contributed by atoms with Gasteiger partial charge in [-0.05, 0) is 30.5 Å². The van der Waals surface area contributed by atoms with Crippen LogP contribution in [-0.2, 0) is 9.59 Å². The van der Waals surface area contributed by atoms with Gasteiger partial charge in [0.1, 0.15) is 0 Å². The topological polar surface area (TPSA) is 101 Å². The molecule has 2 aromatic rings. The van der Waals surface area contributed by atoms with Crippen molar-refractivity contribution < 1.29 is 14.5 Å². The highest BCUT2D eigenvalue weighted by Gasteiger charge is 2.17. The van der Waals surface area contributed by atoms with Crippen LogP contribution in [0, 0.1) is 10.1 Å². The van der Waals surface area contributed by atoms with Crippen LogP contribution in [-0.4, -0.2) is 23.0 Å². The number of nitrogens with one attached hydrogen (secondary N) is 2. The summed E-state index contributed by atoms with van der Waals surface area (Å²) in [7, 11) is 0. The van der Waals surface area contributed by atoms with Crippen LogP contribution in [0.4, 0.5) is 17.1 Å². The molecule has 0 heterocycles. The fourth-order valence-corrected chi connectivity index (χ4v) is 2.41. The van der Waals surface area contributed by atoms with E-state index in [0.717, 1.165) is 11.0 Å². The third-order valence-corrected chi connectivity index (χ3v) is 4.00. The van der Waals surface area contributed by atoms with Crippen molar-refractivity contribution in [2.75, 3.05) is 16.9 Å². The molecule has 124 valence electrons. The molecule has 0 radical (unpaired) electrons. The van der Waals surface area contributed by atoms with Gasteiger partial charge in [-0.15, -0.1) is 11.8 Å². The summed E-state index contributed by atoms with van der Waals surface area (Å²) < 4.78 is 0. The number of hydrogen-bond donors (Lipinski definition) is 2. The minimum atomic E-state index is -0.980. The molecule has 0 aromatic heterocycles. The number of thioether (sulfide) groups is 1. The lowest BCUT2D eigenvalue weighted by molar-refractivity contribution is -0.384. The van der Waals surface area contributed by atoms with Gasteiger partial charge in [0.25, 0.3) is 5.69 Å². The predicted molar refractivity (Wildman–Crippen MR) is 93.6 cm³/mol. The van der Waals surface area contributed by atoms with Gasteiger partial charge < -0.3 is 10.6 Å². The molecule has 0 bridgehead atoms. The Labute approximate surface area is 146 Å². The van der Waals surface area contributed by atoms with E-state index in [-0.39, 0.29) is 16.4 Å². The van der Waals surface area contributed by atoms with Gasteiger partial charge in [0.15, 0.2) is 0 Å². The number of halogens is 1. The van der Waals surface area contributed by atoms with Crippen molar-refractivity contribution in [2.24, 2.45) is 0 Å². The highest BCUT2D eigenvalue weighted by atomic mass is 35.5. The molecule has 2 amide bonds. The number of rotatable bonds is 4. The number of hydrogen-bond acceptors (Lipinski definition) is 5. The summed E-state index contributed by atoms with van der Waals surface area (Å²) in [6.07, 6.45) is 1.89. The number of amides is 2. The second-order valence-corrected chi connectivity index (χ2v) is 5.85. The van der Waals surface area contributed by atoms with E-state index in [0.29, 0.717) is 5.69 Å². The molecule has 0 spiro atoms. The molecule has 0 aliphatic rings. The van der Waals surface area contributed by atoms with Gasteiger partial charge in [0.2, 0.25) is 0 Å². The summed E-state index contributed by atoms with van der Waals surface area (Å²) in [5, 5.41) is 15.6. The molecular weight excluding hydrogens is 354 g/mol. The maximum atomic E-state index is 11.9. The van der Waals surface area contributed by atoms with Crippen molar-refractivity contribution in [3.63, 3.8) is 0 Å². The van der Waals surface area contributed by atoms with E-state index < -0.39 is 16.7 Å². The number of anilines is 2. The second kappa shape index (κ2) is 7.80. The van der Waals surface area contributed by atoms with Crippen LogP contribution in [0.3, 0.4) is 0 Å². The van der Waals surface area contributed by atoms with Gasteiger partial charge >= 0.3 is 11.8 Å². The molecule has 0 fully saturated rings. The Morgan fingerprint density at radius 1 is 1.12 bits per heavy atom. The number of carbonyl (C=O) groups is 2. The number of nitrogens with zero attached hydrogens (tertiary/aromatic N) is 1. The van der Waals surface area contributed by atoms with Crippen molar-refractivity contribution in [3.8, 4) is 0 Å². The van der Waals surface area contributed by atoms with Gasteiger partial charge in [-0.2, -0.15) is 0 Å². The molecule has 0 aliphatic heterocycles. The van der Waals surface area contributed by atoms with Gasteiger partial charge in [0, 0.05) is 22.7 Å². The van der Waals surface area contributed by atoms with E-state index in [1.165, 1.54) is 23.9 Å². The number of non-ortho nitro benzene ring substituents is 1. The lowest BCUT2D eigenvalue weighted by Gasteiger charge is -2.08. The average Bonchev–Trinajstić information content (AvgIpc) is 2.56. The molecular formula is C15H12ClN3O4S. The third kappa shape index (κ3) is 4.46. The SMILES string of the molecule is CSc1cccc(NC(=O)C(=O)Nc2cc([N+](=O)[O-])ccc2Cl)c1. The van der Waals surface area contributed by atoms with Gasteiger partial charge in [-0.3, -0.25) is 19.7 Å². The Bertz CT molecular complexity index is 813. The number of carbonyl (C=O) groups excluding carboxylic acids is 2. The second-order valence-electron chi connectivity index (χ2n) is 4.56. The Morgan fingerprint density at radius 3 is 2.50 bits per heavy atom. The fraction of sp³-hybridized carbons (Fsp3) is 0.0667. The number of nitro groups is 1.